The Morgan fingerprint density at radius 2 is 1.67 bits per heavy atom. The van der Waals surface area contributed by atoms with Gasteiger partial charge in [0.25, 0.3) is 5.91 Å². The Kier molecular flexibility index (Phi) is 4.20. The molecule has 1 spiro atoms. The molecule has 2 fully saturated rings. The summed E-state index contributed by atoms with van der Waals surface area (Å²) >= 11 is 0. The molecule has 2 aromatic rings. The Labute approximate surface area is 175 Å². The maximum Gasteiger partial charge on any atom is 0.335 e. The number of anilines is 2. The number of barbiturate groups is 1. The molecule has 154 valence electrons. The van der Waals surface area contributed by atoms with Gasteiger partial charge in [-0.25, -0.2) is 9.69 Å². The molecule has 3 aliphatic rings. The first-order valence-corrected chi connectivity index (χ1v) is 10.5. The molecule has 6 nitrogen and oxygen atoms in total. The number of piperidine rings is 1. The quantitative estimate of drug-likeness (QED) is 0.742. The Balaban J connectivity index is 1.70. The van der Waals surface area contributed by atoms with E-state index in [9.17, 15) is 14.4 Å². The second kappa shape index (κ2) is 6.69. The smallest absolute Gasteiger partial charge is 0.335 e. The summed E-state index contributed by atoms with van der Waals surface area (Å²) in [5.41, 5.74) is 1.21. The number of fused-ring (bicyclic) bond motifs is 4. The molecule has 5 rings (SSSR count). The van der Waals surface area contributed by atoms with Crippen LogP contribution in [-0.2, 0) is 16.0 Å². The van der Waals surface area contributed by atoms with Crippen molar-refractivity contribution in [2.45, 2.75) is 32.7 Å². The van der Waals surface area contributed by atoms with Crippen LogP contribution < -0.4 is 15.1 Å². The van der Waals surface area contributed by atoms with E-state index in [2.05, 4.69) is 30.1 Å². The predicted octanol–water partition coefficient (Wildman–Crippen LogP) is 3.36. The van der Waals surface area contributed by atoms with Gasteiger partial charge >= 0.3 is 6.03 Å². The number of carbonyl (C=O) groups is 3. The Morgan fingerprint density at radius 1 is 0.967 bits per heavy atom. The molecule has 0 bridgehead atoms. The fraction of sp³-hybridized carbons (Fsp3) is 0.375. The normalized spacial score (nSPS) is 30.7. The second-order valence-corrected chi connectivity index (χ2v) is 8.93. The zero-order valence-electron chi connectivity index (χ0n) is 17.2. The van der Waals surface area contributed by atoms with Gasteiger partial charge in [0.2, 0.25) is 5.91 Å². The third kappa shape index (κ3) is 2.52. The molecule has 0 saturated carbocycles. The van der Waals surface area contributed by atoms with Gasteiger partial charge in [-0.3, -0.25) is 14.9 Å². The van der Waals surface area contributed by atoms with Crippen LogP contribution in [0.4, 0.5) is 16.2 Å². The number of para-hydroxylation sites is 2. The highest BCUT2D eigenvalue weighted by atomic mass is 16.2. The van der Waals surface area contributed by atoms with Gasteiger partial charge in [-0.05, 0) is 48.4 Å². The van der Waals surface area contributed by atoms with Gasteiger partial charge in [-0.1, -0.05) is 50.2 Å². The van der Waals surface area contributed by atoms with Gasteiger partial charge in [-0.15, -0.1) is 0 Å². The van der Waals surface area contributed by atoms with Crippen molar-refractivity contribution < 1.29 is 14.4 Å². The molecule has 3 heterocycles. The highest BCUT2D eigenvalue weighted by Crippen LogP contribution is 2.50. The van der Waals surface area contributed by atoms with E-state index in [1.807, 2.05) is 24.3 Å². The molecule has 30 heavy (non-hydrogen) atoms. The molecule has 6 heteroatoms. The number of nitrogens with zero attached hydrogens (tertiary/aromatic N) is 2. The lowest BCUT2D eigenvalue weighted by atomic mass is 9.62. The number of hydrogen-bond acceptors (Lipinski definition) is 4. The minimum atomic E-state index is -1.34. The van der Waals surface area contributed by atoms with Crippen molar-refractivity contribution >= 4 is 29.2 Å². The van der Waals surface area contributed by atoms with Crippen LogP contribution in [0.1, 0.15) is 25.8 Å². The van der Waals surface area contributed by atoms with Gasteiger partial charge in [0.15, 0.2) is 5.41 Å². The lowest BCUT2D eigenvalue weighted by Gasteiger charge is -2.56. The van der Waals surface area contributed by atoms with Crippen LogP contribution in [0.5, 0.6) is 0 Å². The van der Waals surface area contributed by atoms with Crippen LogP contribution in [-0.4, -0.2) is 30.4 Å². The van der Waals surface area contributed by atoms with Crippen molar-refractivity contribution in [1.82, 2.24) is 5.32 Å². The van der Waals surface area contributed by atoms with E-state index >= 15 is 0 Å². The molecule has 2 aromatic carbocycles. The van der Waals surface area contributed by atoms with Gasteiger partial charge < -0.3 is 4.90 Å². The van der Waals surface area contributed by atoms with Crippen molar-refractivity contribution in [3.8, 4) is 0 Å². The lowest BCUT2D eigenvalue weighted by Crippen LogP contribution is -2.74. The van der Waals surface area contributed by atoms with Gasteiger partial charge in [0.1, 0.15) is 0 Å². The number of nitrogens with one attached hydrogen (secondary N) is 1. The largest absolute Gasteiger partial charge is 0.366 e. The zero-order valence-corrected chi connectivity index (χ0v) is 17.2. The summed E-state index contributed by atoms with van der Waals surface area (Å²) < 4.78 is 0. The number of carbonyl (C=O) groups excluding carboxylic acids is 3. The molecule has 0 aliphatic carbocycles. The van der Waals surface area contributed by atoms with Crippen molar-refractivity contribution in [2.75, 3.05) is 16.3 Å². The molecular weight excluding hydrogens is 378 g/mol. The van der Waals surface area contributed by atoms with E-state index in [0.717, 1.165) is 29.1 Å². The van der Waals surface area contributed by atoms with Crippen molar-refractivity contribution in [3.05, 3.63) is 60.2 Å². The average molecular weight is 403 g/mol. The first-order chi connectivity index (χ1) is 14.4. The van der Waals surface area contributed by atoms with Crippen molar-refractivity contribution in [1.29, 1.82) is 0 Å². The Bertz CT molecular complexity index is 1040. The molecule has 4 amide bonds. The number of imide groups is 2. The van der Waals surface area contributed by atoms with Crippen LogP contribution in [0, 0.1) is 17.3 Å². The number of urea groups is 1. The maximum absolute atomic E-state index is 14.0. The lowest BCUT2D eigenvalue weighted by molar-refractivity contribution is -0.146. The summed E-state index contributed by atoms with van der Waals surface area (Å²) in [4.78, 5) is 43.6. The van der Waals surface area contributed by atoms with E-state index in [1.54, 1.807) is 24.3 Å². The summed E-state index contributed by atoms with van der Waals surface area (Å²) in [6, 6.07) is 15.9. The molecule has 4 atom stereocenters. The Morgan fingerprint density at radius 3 is 2.43 bits per heavy atom. The molecule has 3 aliphatic heterocycles. The summed E-state index contributed by atoms with van der Waals surface area (Å²) in [6.45, 7) is 5.11. The number of amides is 4. The number of rotatable bonds is 1. The predicted molar refractivity (Wildman–Crippen MR) is 114 cm³/mol. The highest BCUT2D eigenvalue weighted by Gasteiger charge is 2.64. The monoisotopic (exact) mass is 403 g/mol. The van der Waals surface area contributed by atoms with E-state index < -0.39 is 23.3 Å². The molecule has 2 saturated heterocycles. The standard InChI is InChI=1S/C24H25N3O3/c1-15-12-16(2)20-24(13-17-8-6-7-11-19(17)26(20)14-15)21(28)25-23(30)27(22(24)29)18-9-4-3-5-10-18/h3-11,15-16,20H,12-14H2,1-2H3,(H,25,28,30)/t15-,16-,20-,24+/m1/s1. The summed E-state index contributed by atoms with van der Waals surface area (Å²) in [6.07, 6.45) is 1.23. The number of hydrogen-bond donors (Lipinski definition) is 1. The SMILES string of the molecule is C[C@@H]1C[C@@H](C)[C@H]2N(C1)c1ccccc1C[C@@]21C(=O)NC(=O)N(c2ccccc2)C1=O. The average Bonchev–Trinajstić information content (AvgIpc) is 2.72. The topological polar surface area (TPSA) is 69.7 Å². The molecule has 1 N–H and O–H groups in total. The number of benzene rings is 2. The van der Waals surface area contributed by atoms with E-state index in [1.165, 1.54) is 0 Å². The Hall–Kier alpha value is -3.15. The highest BCUT2D eigenvalue weighted by molar-refractivity contribution is 6.30. The van der Waals surface area contributed by atoms with E-state index in [0.29, 0.717) is 18.0 Å². The third-order valence-corrected chi connectivity index (χ3v) is 6.86. The van der Waals surface area contributed by atoms with Gasteiger partial charge in [0.05, 0.1) is 11.7 Å². The first kappa shape index (κ1) is 18.9. The maximum atomic E-state index is 14.0. The van der Waals surface area contributed by atoms with Crippen LogP contribution >= 0.6 is 0 Å². The van der Waals surface area contributed by atoms with Gasteiger partial charge in [0, 0.05) is 12.2 Å². The second-order valence-electron chi connectivity index (χ2n) is 8.93. The fourth-order valence-electron chi connectivity index (χ4n) is 5.82. The molecule has 0 radical (unpaired) electrons. The van der Waals surface area contributed by atoms with Gasteiger partial charge in [-0.2, -0.15) is 0 Å². The van der Waals surface area contributed by atoms with E-state index in [4.69, 9.17) is 0 Å². The summed E-state index contributed by atoms with van der Waals surface area (Å²) in [5.74, 6) is -0.320. The third-order valence-electron chi connectivity index (χ3n) is 6.86. The molecule has 0 aromatic heterocycles. The van der Waals surface area contributed by atoms with Crippen LogP contribution in [0.25, 0.3) is 0 Å². The van der Waals surface area contributed by atoms with E-state index in [-0.39, 0.29) is 12.0 Å². The first-order valence-electron chi connectivity index (χ1n) is 10.5. The minimum absolute atomic E-state index is 0.127. The van der Waals surface area contributed by atoms with Crippen LogP contribution in [0.3, 0.4) is 0 Å². The van der Waals surface area contributed by atoms with Crippen LogP contribution in [0.15, 0.2) is 54.6 Å². The summed E-state index contributed by atoms with van der Waals surface area (Å²) in [5, 5.41) is 2.52. The molecule has 0 unspecified atom stereocenters. The fourth-order valence-corrected chi connectivity index (χ4v) is 5.82. The summed E-state index contributed by atoms with van der Waals surface area (Å²) in [7, 11) is 0. The minimum Gasteiger partial charge on any atom is -0.366 e. The zero-order chi connectivity index (χ0) is 21.0. The van der Waals surface area contributed by atoms with Crippen LogP contribution in [0.2, 0.25) is 0 Å². The van der Waals surface area contributed by atoms with Crippen molar-refractivity contribution in [3.63, 3.8) is 0 Å². The molecular formula is C24H25N3O3. The van der Waals surface area contributed by atoms with Crippen molar-refractivity contribution in [2.24, 2.45) is 17.3 Å².